The molecule has 1 aromatic heterocycles. The second kappa shape index (κ2) is 8.31. The zero-order valence-corrected chi connectivity index (χ0v) is 19.9. The lowest BCUT2D eigenvalue weighted by atomic mass is 9.81. The van der Waals surface area contributed by atoms with E-state index < -0.39 is 40.0 Å². The maximum Gasteiger partial charge on any atom is 0.353 e. The number of nitrogens with two attached hydrogens (primary N) is 1. The summed E-state index contributed by atoms with van der Waals surface area (Å²) in [6, 6.07) is 4.06. The van der Waals surface area contributed by atoms with Crippen LogP contribution in [0.25, 0.3) is 0 Å². The molecule has 3 aliphatic heterocycles. The smallest absolute Gasteiger partial charge is 0.353 e. The molecule has 0 aliphatic carbocycles. The van der Waals surface area contributed by atoms with E-state index in [0.29, 0.717) is 22.0 Å². The maximum absolute atomic E-state index is 13.0. The zero-order valence-electron chi connectivity index (χ0n) is 18.2. The number of benzene rings is 1. The number of hydrogen-bond acceptors (Lipinski definition) is 9. The molecule has 4 N–H and O–H groups in total. The predicted octanol–water partition coefficient (Wildman–Crippen LogP) is -0.929. The molecule has 184 valence electrons. The van der Waals surface area contributed by atoms with Crippen molar-refractivity contribution in [2.75, 3.05) is 6.54 Å². The lowest BCUT2D eigenvalue weighted by molar-refractivity contribution is -0.160. The van der Waals surface area contributed by atoms with Crippen LogP contribution in [0.3, 0.4) is 0 Å². The number of urea groups is 1. The number of sulfonamides is 1. The van der Waals surface area contributed by atoms with Gasteiger partial charge in [0.1, 0.15) is 11.7 Å². The molecule has 14 nitrogen and oxygen atoms in total. The number of piperidine rings is 1. The number of carboxylic acids is 1. The molecular formula is C19H20N8O6S2. The van der Waals surface area contributed by atoms with Gasteiger partial charge in [0, 0.05) is 31.0 Å². The predicted molar refractivity (Wildman–Crippen MR) is 119 cm³/mol. The number of nitrogens with one attached hydrogen (secondary N) is 1. The number of thioether (sulfide) groups is 1. The van der Waals surface area contributed by atoms with Crippen LogP contribution in [0.15, 0.2) is 44.9 Å². The fourth-order valence-corrected chi connectivity index (χ4v) is 6.33. The topological polar surface area (TPSA) is 194 Å². The number of carbonyl (C=O) groups excluding carboxylic acids is 2. The molecule has 1 aromatic carbocycles. The second-order valence-corrected chi connectivity index (χ2v) is 10.9. The third kappa shape index (κ3) is 3.82. The van der Waals surface area contributed by atoms with Gasteiger partial charge in [-0.25, -0.2) is 27.8 Å². The number of hydrogen-bond donors (Lipinski definition) is 3. The van der Waals surface area contributed by atoms with E-state index in [9.17, 15) is 27.9 Å². The highest BCUT2D eigenvalue weighted by Crippen LogP contribution is 2.53. The number of carboxylic acid groups (broad SMARTS) is 1. The SMILES string of the molecule is Cn1nnnc1SC1=C(C(=O)O)N2C(=O)[C@@H]3[C@H]2C1CCN3C(=O)NCc1ccc(S(N)(=O)=O)cc1. The molecule has 0 radical (unpaired) electrons. The number of primary sulfonamides is 1. The van der Waals surface area contributed by atoms with Crippen LogP contribution >= 0.6 is 11.8 Å². The minimum atomic E-state index is -3.82. The quantitative estimate of drug-likeness (QED) is 0.401. The molecule has 4 heterocycles. The molecule has 1 unspecified atom stereocenters. The lowest BCUT2D eigenvalue weighted by Crippen LogP contribution is -2.74. The van der Waals surface area contributed by atoms with Gasteiger partial charge in [0.15, 0.2) is 0 Å². The number of aliphatic carboxylic acids is 1. The molecule has 16 heteroatoms. The number of aryl methyl sites for hydroxylation is 1. The molecule has 0 saturated carbocycles. The van der Waals surface area contributed by atoms with Crippen molar-refractivity contribution in [3.63, 3.8) is 0 Å². The van der Waals surface area contributed by atoms with Crippen molar-refractivity contribution < 1.29 is 27.9 Å². The highest BCUT2D eigenvalue weighted by molar-refractivity contribution is 8.03. The van der Waals surface area contributed by atoms with Crippen LogP contribution < -0.4 is 10.5 Å². The number of tetrazole rings is 1. The Labute approximate surface area is 203 Å². The third-order valence-electron chi connectivity index (χ3n) is 6.29. The van der Waals surface area contributed by atoms with Crippen LogP contribution in [0.4, 0.5) is 4.79 Å². The molecule has 2 fully saturated rings. The first kappa shape index (κ1) is 23.3. The van der Waals surface area contributed by atoms with Gasteiger partial charge >= 0.3 is 12.0 Å². The van der Waals surface area contributed by atoms with E-state index in [2.05, 4.69) is 20.8 Å². The van der Waals surface area contributed by atoms with Crippen molar-refractivity contribution in [2.45, 2.75) is 35.1 Å². The van der Waals surface area contributed by atoms with Crippen LogP contribution in [0.2, 0.25) is 0 Å². The number of likely N-dealkylation sites (tertiary alicyclic amines) is 1. The first-order valence-corrected chi connectivity index (χ1v) is 12.8. The van der Waals surface area contributed by atoms with E-state index in [4.69, 9.17) is 5.14 Å². The van der Waals surface area contributed by atoms with Crippen molar-refractivity contribution in [1.29, 1.82) is 0 Å². The molecule has 3 aliphatic rings. The van der Waals surface area contributed by atoms with E-state index in [-0.39, 0.29) is 29.6 Å². The number of aromatic nitrogens is 4. The van der Waals surface area contributed by atoms with Crippen LogP contribution in [0, 0.1) is 5.92 Å². The Morgan fingerprint density at radius 3 is 2.60 bits per heavy atom. The highest BCUT2D eigenvalue weighted by Gasteiger charge is 2.64. The summed E-state index contributed by atoms with van der Waals surface area (Å²) in [5, 5.41) is 29.3. The fraction of sp³-hybridized carbons (Fsp3) is 0.368. The molecule has 2 saturated heterocycles. The lowest BCUT2D eigenvalue weighted by Gasteiger charge is -2.53. The summed E-state index contributed by atoms with van der Waals surface area (Å²) < 4.78 is 24.2. The average Bonchev–Trinajstić information content (AvgIpc) is 3.36. The summed E-state index contributed by atoms with van der Waals surface area (Å²) in [4.78, 5) is 41.1. The Kier molecular flexibility index (Phi) is 5.52. The molecule has 0 spiro atoms. The molecule has 35 heavy (non-hydrogen) atoms. The van der Waals surface area contributed by atoms with E-state index in [1.54, 1.807) is 7.05 Å². The van der Waals surface area contributed by atoms with E-state index >= 15 is 0 Å². The first-order valence-electron chi connectivity index (χ1n) is 10.4. The second-order valence-electron chi connectivity index (χ2n) is 8.29. The minimum absolute atomic E-state index is 0.0384. The maximum atomic E-state index is 13.0. The standard InChI is InChI=1S/C19H20N8O6S2/c1-25-19(22-23-24-25)34-15-11-6-7-26(13-12(11)27(16(13)28)14(15)17(29)30)18(31)21-8-9-2-4-10(5-3-9)35(20,32)33/h2-5,11-13H,6-8H2,1H3,(H,21,31)(H,29,30)(H2,20,32,33)/t11?,12-,13+/m1/s1. The zero-order chi connectivity index (χ0) is 25.1. The Bertz CT molecular complexity index is 1370. The van der Waals surface area contributed by atoms with Crippen LogP contribution in [-0.4, -0.2) is 80.1 Å². The van der Waals surface area contributed by atoms with Gasteiger partial charge < -0.3 is 15.3 Å². The highest BCUT2D eigenvalue weighted by atomic mass is 32.2. The molecule has 3 amide bonds. The van der Waals surface area contributed by atoms with Crippen molar-refractivity contribution >= 4 is 39.7 Å². The molecule has 2 aromatic rings. The normalized spacial score (nSPS) is 23.3. The van der Waals surface area contributed by atoms with Crippen LogP contribution in [0.1, 0.15) is 12.0 Å². The van der Waals surface area contributed by atoms with Crippen molar-refractivity contribution in [3.05, 3.63) is 40.4 Å². The van der Waals surface area contributed by atoms with Gasteiger partial charge in [-0.05, 0) is 46.3 Å². The van der Waals surface area contributed by atoms with Gasteiger partial charge in [-0.15, -0.1) is 5.10 Å². The Hall–Kier alpha value is -3.50. The molecular weight excluding hydrogens is 500 g/mol. The van der Waals surface area contributed by atoms with Crippen LogP contribution in [-0.2, 0) is 33.2 Å². The summed E-state index contributed by atoms with van der Waals surface area (Å²) in [5.41, 5.74) is 0.556. The van der Waals surface area contributed by atoms with Crippen molar-refractivity contribution in [3.8, 4) is 0 Å². The van der Waals surface area contributed by atoms with Crippen molar-refractivity contribution in [1.82, 2.24) is 35.3 Å². The first-order chi connectivity index (χ1) is 16.6. The van der Waals surface area contributed by atoms with Gasteiger partial charge in [-0.3, -0.25) is 9.69 Å². The minimum Gasteiger partial charge on any atom is -0.477 e. The van der Waals surface area contributed by atoms with E-state index in [1.165, 1.54) is 38.7 Å². The monoisotopic (exact) mass is 520 g/mol. The average molecular weight is 521 g/mol. The van der Waals surface area contributed by atoms with Crippen molar-refractivity contribution in [2.24, 2.45) is 18.1 Å². The largest absolute Gasteiger partial charge is 0.477 e. The van der Waals surface area contributed by atoms with Gasteiger partial charge in [0.2, 0.25) is 15.2 Å². The Balaban J connectivity index is 1.30. The summed E-state index contributed by atoms with van der Waals surface area (Å²) >= 11 is 1.12. The summed E-state index contributed by atoms with van der Waals surface area (Å²) in [6.45, 7) is 0.369. The van der Waals surface area contributed by atoms with Crippen LogP contribution in [0.5, 0.6) is 0 Å². The number of β-lactam (4-membered cyclic amide) rings is 1. The van der Waals surface area contributed by atoms with Gasteiger partial charge in [0.25, 0.3) is 5.91 Å². The number of rotatable bonds is 6. The van der Waals surface area contributed by atoms with Gasteiger partial charge in [-0.2, -0.15) is 0 Å². The Morgan fingerprint density at radius 2 is 2.00 bits per heavy atom. The number of amides is 3. The number of carbonyl (C=O) groups is 3. The molecule has 3 atom stereocenters. The van der Waals surface area contributed by atoms with E-state index in [1.807, 2.05) is 0 Å². The molecule has 5 rings (SSSR count). The fourth-order valence-electron chi connectivity index (χ4n) is 4.68. The summed E-state index contributed by atoms with van der Waals surface area (Å²) in [6.07, 6.45) is 0.464. The number of nitrogens with zero attached hydrogens (tertiary/aromatic N) is 6. The van der Waals surface area contributed by atoms with Gasteiger partial charge in [-0.1, -0.05) is 12.1 Å². The third-order valence-corrected chi connectivity index (χ3v) is 8.47. The summed E-state index contributed by atoms with van der Waals surface area (Å²) in [5.74, 6) is -1.92. The van der Waals surface area contributed by atoms with E-state index in [0.717, 1.165) is 11.8 Å². The summed E-state index contributed by atoms with van der Waals surface area (Å²) in [7, 11) is -2.18. The Morgan fingerprint density at radius 1 is 1.29 bits per heavy atom. The molecule has 0 bridgehead atoms. The van der Waals surface area contributed by atoms with Gasteiger partial charge in [0.05, 0.1) is 10.9 Å².